The predicted octanol–water partition coefficient (Wildman–Crippen LogP) is 15.8. The Morgan fingerprint density at radius 3 is 1.38 bits per heavy atom. The Morgan fingerprint density at radius 1 is 0.474 bits per heavy atom. The molecule has 7 atom stereocenters. The van der Waals surface area contributed by atoms with Gasteiger partial charge in [-0.1, -0.05) is 242 Å². The lowest BCUT2D eigenvalue weighted by atomic mass is 9.99. The van der Waals surface area contributed by atoms with Gasteiger partial charge in [0.2, 0.25) is 5.91 Å². The van der Waals surface area contributed by atoms with Crippen LogP contribution in [0.2, 0.25) is 0 Å². The van der Waals surface area contributed by atoms with E-state index in [1.165, 1.54) is 186 Å². The van der Waals surface area contributed by atoms with Gasteiger partial charge in [-0.3, -0.25) is 9.59 Å². The van der Waals surface area contributed by atoms with Gasteiger partial charge in [0.25, 0.3) is 0 Å². The summed E-state index contributed by atoms with van der Waals surface area (Å²) in [4.78, 5) is 25.0. The van der Waals surface area contributed by atoms with Crippen molar-refractivity contribution >= 4 is 11.9 Å². The van der Waals surface area contributed by atoms with Gasteiger partial charge in [0.05, 0.1) is 32.0 Å². The van der Waals surface area contributed by atoms with Gasteiger partial charge in [-0.2, -0.15) is 0 Å². The third kappa shape index (κ3) is 45.0. The topological polar surface area (TPSA) is 175 Å². The van der Waals surface area contributed by atoms with Crippen molar-refractivity contribution in [2.45, 2.75) is 333 Å². The minimum atomic E-state index is -1.58. The first-order chi connectivity index (χ1) is 38.2. The van der Waals surface area contributed by atoms with Gasteiger partial charge in [-0.05, 0) is 96.3 Å². The third-order valence-corrected chi connectivity index (χ3v) is 15.1. The molecule has 0 bridgehead atoms. The summed E-state index contributed by atoms with van der Waals surface area (Å²) in [7, 11) is 0. The number of allylic oxidation sites excluding steroid dienone is 9. The van der Waals surface area contributed by atoms with Gasteiger partial charge in [0, 0.05) is 12.8 Å². The largest absolute Gasteiger partial charge is 0.466 e. The second-order valence-corrected chi connectivity index (χ2v) is 22.4. The van der Waals surface area contributed by atoms with Crippen molar-refractivity contribution in [2.75, 3.05) is 19.8 Å². The average molecular weight is 1100 g/mol. The second kappa shape index (κ2) is 56.2. The maximum Gasteiger partial charge on any atom is 0.305 e. The Morgan fingerprint density at radius 2 is 0.885 bits per heavy atom. The third-order valence-electron chi connectivity index (χ3n) is 15.1. The molecule has 0 aromatic rings. The normalized spacial score (nSPS) is 18.9. The highest BCUT2D eigenvalue weighted by atomic mass is 16.7. The molecule has 454 valence electrons. The summed E-state index contributed by atoms with van der Waals surface area (Å²) in [5.41, 5.74) is 0. The Labute approximate surface area is 478 Å². The SMILES string of the molecule is CCCC/C=C\CCCCCCCC(=O)OCCCCCCCCCCC/C=C\C/C=C\CCCCCCCCCCCCCC(=O)NC(COC1OC(CO)C(O)C(O)C1O)C(O)/C=C/CC/C=C/CCCCCCCC. The fourth-order valence-electron chi connectivity index (χ4n) is 9.87. The molecule has 7 unspecified atom stereocenters. The van der Waals surface area contributed by atoms with Crippen molar-refractivity contribution in [3.8, 4) is 0 Å². The standard InChI is InChI=1S/C67H121NO10/c1-3-5-7-9-11-13-15-34-37-41-45-49-53-60(70)59(58-77-67-66(75)65(74)64(73)61(57-69)78-67)68-62(71)54-50-46-42-38-35-31-29-27-25-23-21-19-17-16-18-20-22-24-26-28-30-32-36-40-44-48-52-56-76-63(72)55-51-47-43-39-33-14-12-10-8-6-4-2/h10,12,16-17,20,22,34,37,49,53,59-61,64-67,69-70,73-75H,3-9,11,13-15,18-19,21,23-33,35-36,38-48,50-52,54-58H2,1-2H3,(H,68,71)/b12-10-,17-16-,22-20-,37-34+,53-49+. The van der Waals surface area contributed by atoms with Crippen LogP contribution in [-0.2, 0) is 23.8 Å². The Hall–Kier alpha value is -2.64. The Kier molecular flexibility index (Phi) is 52.9. The van der Waals surface area contributed by atoms with E-state index in [4.69, 9.17) is 14.2 Å². The summed E-state index contributed by atoms with van der Waals surface area (Å²) in [6, 6.07) is -0.831. The molecule has 0 saturated carbocycles. The zero-order valence-corrected chi connectivity index (χ0v) is 50.1. The van der Waals surface area contributed by atoms with E-state index < -0.39 is 49.5 Å². The molecule has 1 rings (SSSR count). The van der Waals surface area contributed by atoms with Crippen LogP contribution >= 0.6 is 0 Å². The smallest absolute Gasteiger partial charge is 0.305 e. The average Bonchev–Trinajstić information content (AvgIpc) is 3.44. The Balaban J connectivity index is 2.03. The summed E-state index contributed by atoms with van der Waals surface area (Å²) < 4.78 is 16.7. The van der Waals surface area contributed by atoms with Gasteiger partial charge in [0.15, 0.2) is 6.29 Å². The van der Waals surface area contributed by atoms with E-state index in [-0.39, 0.29) is 18.5 Å². The molecule has 6 N–H and O–H groups in total. The molecule has 1 aliphatic heterocycles. The Bertz CT molecular complexity index is 1480. The molecule has 1 aliphatic rings. The maximum atomic E-state index is 13.0. The summed E-state index contributed by atoms with van der Waals surface area (Å²) in [5.74, 6) is -0.207. The fourth-order valence-corrected chi connectivity index (χ4v) is 9.87. The number of carbonyl (C=O) groups is 2. The maximum absolute atomic E-state index is 13.0. The van der Waals surface area contributed by atoms with Crippen molar-refractivity contribution in [3.05, 3.63) is 60.8 Å². The molecule has 0 radical (unpaired) electrons. The lowest BCUT2D eigenvalue weighted by Crippen LogP contribution is -2.60. The van der Waals surface area contributed by atoms with Gasteiger partial charge in [0.1, 0.15) is 24.4 Å². The molecule has 1 heterocycles. The predicted molar refractivity (Wildman–Crippen MR) is 324 cm³/mol. The van der Waals surface area contributed by atoms with Gasteiger partial charge < -0.3 is 45.1 Å². The van der Waals surface area contributed by atoms with Gasteiger partial charge in [-0.15, -0.1) is 0 Å². The van der Waals surface area contributed by atoms with Crippen molar-refractivity contribution in [2.24, 2.45) is 0 Å². The van der Waals surface area contributed by atoms with Crippen LogP contribution in [0, 0.1) is 0 Å². The van der Waals surface area contributed by atoms with E-state index in [2.05, 4.69) is 67.8 Å². The molecule has 0 aromatic heterocycles. The number of hydrogen-bond acceptors (Lipinski definition) is 10. The molecule has 0 spiro atoms. The van der Waals surface area contributed by atoms with Crippen LogP contribution in [0.25, 0.3) is 0 Å². The summed E-state index contributed by atoms with van der Waals surface area (Å²) >= 11 is 0. The van der Waals surface area contributed by atoms with E-state index in [0.29, 0.717) is 19.4 Å². The zero-order valence-electron chi connectivity index (χ0n) is 50.1. The number of nitrogens with one attached hydrogen (secondary N) is 1. The quantitative estimate of drug-likeness (QED) is 0.0195. The van der Waals surface area contributed by atoms with E-state index >= 15 is 0 Å². The molecular weight excluding hydrogens is 979 g/mol. The number of hydrogen-bond donors (Lipinski definition) is 6. The fraction of sp³-hybridized carbons (Fsp3) is 0.821. The lowest BCUT2D eigenvalue weighted by molar-refractivity contribution is -0.302. The number of aliphatic hydroxyl groups excluding tert-OH is 5. The summed E-state index contributed by atoms with van der Waals surface area (Å²) in [6.07, 6.45) is 63.4. The van der Waals surface area contributed by atoms with E-state index in [9.17, 15) is 35.1 Å². The minimum Gasteiger partial charge on any atom is -0.466 e. The van der Waals surface area contributed by atoms with Crippen LogP contribution in [0.1, 0.15) is 290 Å². The molecule has 0 aliphatic carbocycles. The van der Waals surface area contributed by atoms with E-state index in [1.54, 1.807) is 6.08 Å². The van der Waals surface area contributed by atoms with Crippen molar-refractivity contribution in [3.63, 3.8) is 0 Å². The number of amides is 1. The first kappa shape index (κ1) is 73.4. The molecule has 78 heavy (non-hydrogen) atoms. The van der Waals surface area contributed by atoms with Gasteiger partial charge >= 0.3 is 5.97 Å². The van der Waals surface area contributed by atoms with Crippen LogP contribution < -0.4 is 5.32 Å². The molecule has 11 heteroatoms. The lowest BCUT2D eigenvalue weighted by Gasteiger charge is -2.40. The van der Waals surface area contributed by atoms with E-state index in [0.717, 1.165) is 77.0 Å². The van der Waals surface area contributed by atoms with Gasteiger partial charge in [-0.25, -0.2) is 0 Å². The highest BCUT2D eigenvalue weighted by Gasteiger charge is 2.44. The zero-order chi connectivity index (χ0) is 56.6. The molecule has 1 amide bonds. The molecule has 11 nitrogen and oxygen atoms in total. The highest BCUT2D eigenvalue weighted by Crippen LogP contribution is 2.23. The molecule has 1 saturated heterocycles. The molecular formula is C67H121NO10. The van der Waals surface area contributed by atoms with Crippen LogP contribution in [-0.4, -0.2) is 100 Å². The summed E-state index contributed by atoms with van der Waals surface area (Å²) in [6.45, 7) is 4.27. The van der Waals surface area contributed by atoms with Crippen molar-refractivity contribution in [1.29, 1.82) is 0 Å². The van der Waals surface area contributed by atoms with Crippen LogP contribution in [0.3, 0.4) is 0 Å². The number of carbonyl (C=O) groups excluding carboxylic acids is 2. The molecule has 0 aromatic carbocycles. The monoisotopic (exact) mass is 1100 g/mol. The number of unbranched alkanes of at least 4 members (excludes halogenated alkanes) is 34. The highest BCUT2D eigenvalue weighted by molar-refractivity contribution is 5.76. The first-order valence-corrected chi connectivity index (χ1v) is 32.6. The van der Waals surface area contributed by atoms with Crippen LogP contribution in [0.15, 0.2) is 60.8 Å². The molecule has 1 fully saturated rings. The van der Waals surface area contributed by atoms with E-state index in [1.807, 2.05) is 6.08 Å². The van der Waals surface area contributed by atoms with Crippen LogP contribution in [0.5, 0.6) is 0 Å². The van der Waals surface area contributed by atoms with Crippen LogP contribution in [0.4, 0.5) is 0 Å². The van der Waals surface area contributed by atoms with Crippen molar-refractivity contribution < 1.29 is 49.3 Å². The number of ether oxygens (including phenoxy) is 3. The summed E-state index contributed by atoms with van der Waals surface area (Å²) in [5, 5.41) is 54.4. The van der Waals surface area contributed by atoms with Crippen molar-refractivity contribution in [1.82, 2.24) is 5.32 Å². The number of rotatable bonds is 56. The second-order valence-electron chi connectivity index (χ2n) is 22.4. The number of aliphatic hydroxyl groups is 5. The number of esters is 1. The first-order valence-electron chi connectivity index (χ1n) is 32.6. The minimum absolute atomic E-state index is 0.0110.